The average Bonchev–Trinajstić information content (AvgIpc) is 2.77. The highest BCUT2D eigenvalue weighted by molar-refractivity contribution is 5.94. The third-order valence-electron chi connectivity index (χ3n) is 5.71. The summed E-state index contributed by atoms with van der Waals surface area (Å²) in [5.74, 6) is 0.789. The van der Waals surface area contributed by atoms with Crippen molar-refractivity contribution in [3.8, 4) is 0 Å². The zero-order chi connectivity index (χ0) is 19.8. The zero-order valence-corrected chi connectivity index (χ0v) is 17.0. The van der Waals surface area contributed by atoms with Crippen molar-refractivity contribution < 1.29 is 4.79 Å². The number of carbonyl (C=O) groups excluding carboxylic acids is 1. The highest BCUT2D eigenvalue weighted by atomic mass is 16.2. The van der Waals surface area contributed by atoms with Gasteiger partial charge >= 0.3 is 0 Å². The van der Waals surface area contributed by atoms with Gasteiger partial charge in [0.05, 0.1) is 13.1 Å². The van der Waals surface area contributed by atoms with Crippen LogP contribution in [0.1, 0.15) is 61.6 Å². The molecular weight excluding hydrogens is 346 g/mol. The molecular formula is C24H33N3O. The fraction of sp³-hybridized carbons (Fsp3) is 0.458. The zero-order valence-electron chi connectivity index (χ0n) is 17.0. The monoisotopic (exact) mass is 379 g/mol. The van der Waals surface area contributed by atoms with Gasteiger partial charge in [0.25, 0.3) is 0 Å². The summed E-state index contributed by atoms with van der Waals surface area (Å²) in [6.45, 7) is 4.22. The lowest BCUT2D eigenvalue weighted by atomic mass is 9.84. The maximum absolute atomic E-state index is 12.8. The fourth-order valence-electron chi connectivity index (χ4n) is 3.98. The van der Waals surface area contributed by atoms with E-state index in [0.29, 0.717) is 25.6 Å². The van der Waals surface area contributed by atoms with Crippen LogP contribution in [0.25, 0.3) is 0 Å². The summed E-state index contributed by atoms with van der Waals surface area (Å²) in [5.41, 5.74) is 10.3. The summed E-state index contributed by atoms with van der Waals surface area (Å²) in [6.07, 6.45) is 6.68. The summed E-state index contributed by atoms with van der Waals surface area (Å²) >= 11 is 0. The highest BCUT2D eigenvalue weighted by Crippen LogP contribution is 2.32. The molecule has 0 aliphatic heterocycles. The van der Waals surface area contributed by atoms with E-state index >= 15 is 0 Å². The first kappa shape index (κ1) is 20.6. The Morgan fingerprint density at radius 3 is 2.25 bits per heavy atom. The number of hydrogen-bond acceptors (Lipinski definition) is 3. The van der Waals surface area contributed by atoms with Gasteiger partial charge in [0.2, 0.25) is 5.91 Å². The predicted molar refractivity (Wildman–Crippen MR) is 116 cm³/mol. The van der Waals surface area contributed by atoms with E-state index in [1.807, 2.05) is 36.1 Å². The van der Waals surface area contributed by atoms with E-state index in [1.165, 1.54) is 37.7 Å². The first-order valence-corrected chi connectivity index (χ1v) is 10.6. The van der Waals surface area contributed by atoms with Crippen LogP contribution >= 0.6 is 0 Å². The van der Waals surface area contributed by atoms with Gasteiger partial charge in [0, 0.05) is 12.2 Å². The molecule has 2 aromatic carbocycles. The SMILES string of the molecule is CCNCC(=O)N(Cc1ccc(C2CCCCC2)cc1)c1ccc(CN)cc1. The molecule has 0 saturated heterocycles. The number of nitrogens with two attached hydrogens (primary N) is 1. The molecule has 0 bridgehead atoms. The molecule has 3 N–H and O–H groups in total. The molecule has 4 nitrogen and oxygen atoms in total. The third kappa shape index (κ3) is 5.43. The van der Waals surface area contributed by atoms with Crippen LogP contribution in [0.15, 0.2) is 48.5 Å². The van der Waals surface area contributed by atoms with Gasteiger partial charge < -0.3 is 16.0 Å². The van der Waals surface area contributed by atoms with E-state index < -0.39 is 0 Å². The van der Waals surface area contributed by atoms with Gasteiger partial charge in [-0.25, -0.2) is 0 Å². The molecule has 4 heteroatoms. The fourth-order valence-corrected chi connectivity index (χ4v) is 3.98. The molecule has 0 spiro atoms. The minimum absolute atomic E-state index is 0.0821. The molecule has 28 heavy (non-hydrogen) atoms. The Morgan fingerprint density at radius 1 is 1.00 bits per heavy atom. The van der Waals surface area contributed by atoms with Crippen LogP contribution in [0.2, 0.25) is 0 Å². The van der Waals surface area contributed by atoms with Gasteiger partial charge in [0.1, 0.15) is 0 Å². The second kappa shape index (κ2) is 10.4. The molecule has 0 atom stereocenters. The lowest BCUT2D eigenvalue weighted by molar-refractivity contribution is -0.117. The smallest absolute Gasteiger partial charge is 0.241 e. The maximum Gasteiger partial charge on any atom is 0.241 e. The van der Waals surface area contributed by atoms with Gasteiger partial charge in [0.15, 0.2) is 0 Å². The molecule has 0 heterocycles. The van der Waals surface area contributed by atoms with Crippen molar-refractivity contribution in [2.45, 2.75) is 58.0 Å². The Bertz CT molecular complexity index is 733. The Morgan fingerprint density at radius 2 is 1.64 bits per heavy atom. The molecule has 0 radical (unpaired) electrons. The first-order chi connectivity index (χ1) is 13.7. The highest BCUT2D eigenvalue weighted by Gasteiger charge is 2.18. The molecule has 1 aliphatic rings. The van der Waals surface area contributed by atoms with Crippen molar-refractivity contribution in [3.63, 3.8) is 0 Å². The standard InChI is InChI=1S/C24H33N3O/c1-2-26-17-24(28)27(23-14-10-19(16-25)11-15-23)18-20-8-12-22(13-9-20)21-6-4-3-5-7-21/h8-15,21,26H,2-7,16-18,25H2,1H3. The van der Waals surface area contributed by atoms with E-state index in [1.54, 1.807) is 0 Å². The minimum Gasteiger partial charge on any atom is -0.326 e. The lowest BCUT2D eigenvalue weighted by Crippen LogP contribution is -2.37. The molecule has 2 aromatic rings. The Kier molecular flexibility index (Phi) is 7.63. The topological polar surface area (TPSA) is 58.4 Å². The largest absolute Gasteiger partial charge is 0.326 e. The second-order valence-corrected chi connectivity index (χ2v) is 7.71. The summed E-state index contributed by atoms with van der Waals surface area (Å²) < 4.78 is 0. The number of nitrogens with zero attached hydrogens (tertiary/aromatic N) is 1. The number of anilines is 1. The van der Waals surface area contributed by atoms with Crippen LogP contribution in [-0.4, -0.2) is 19.0 Å². The number of benzene rings is 2. The van der Waals surface area contributed by atoms with E-state index in [-0.39, 0.29) is 5.91 Å². The summed E-state index contributed by atoms with van der Waals surface area (Å²) in [5, 5.41) is 3.15. The molecule has 1 fully saturated rings. The van der Waals surface area contributed by atoms with E-state index in [2.05, 4.69) is 29.6 Å². The van der Waals surface area contributed by atoms with Gasteiger partial charge in [-0.1, -0.05) is 62.6 Å². The average molecular weight is 380 g/mol. The van der Waals surface area contributed by atoms with Gasteiger partial charge in [-0.15, -0.1) is 0 Å². The molecule has 3 rings (SSSR count). The van der Waals surface area contributed by atoms with Gasteiger partial charge in [-0.05, 0) is 54.1 Å². The Hall–Kier alpha value is -2.17. The Labute approximate surface area is 169 Å². The molecule has 1 saturated carbocycles. The van der Waals surface area contributed by atoms with Crippen molar-refractivity contribution in [1.82, 2.24) is 5.32 Å². The Balaban J connectivity index is 1.74. The van der Waals surface area contributed by atoms with E-state index in [0.717, 1.165) is 23.4 Å². The van der Waals surface area contributed by atoms with Crippen LogP contribution in [0.3, 0.4) is 0 Å². The van der Waals surface area contributed by atoms with Crippen LogP contribution < -0.4 is 16.0 Å². The van der Waals surface area contributed by atoms with Gasteiger partial charge in [-0.3, -0.25) is 4.79 Å². The summed E-state index contributed by atoms with van der Waals surface area (Å²) in [4.78, 5) is 14.7. The van der Waals surface area contributed by atoms with Crippen LogP contribution in [-0.2, 0) is 17.9 Å². The van der Waals surface area contributed by atoms with Crippen LogP contribution in [0, 0.1) is 0 Å². The molecule has 0 aromatic heterocycles. The number of nitrogens with one attached hydrogen (secondary N) is 1. The number of likely N-dealkylation sites (N-methyl/N-ethyl adjacent to an activating group) is 1. The first-order valence-electron chi connectivity index (χ1n) is 10.6. The molecule has 1 aliphatic carbocycles. The molecule has 0 unspecified atom stereocenters. The van der Waals surface area contributed by atoms with E-state index in [4.69, 9.17) is 5.73 Å². The van der Waals surface area contributed by atoms with Crippen molar-refractivity contribution in [2.24, 2.45) is 5.73 Å². The van der Waals surface area contributed by atoms with Crippen molar-refractivity contribution in [3.05, 3.63) is 65.2 Å². The minimum atomic E-state index is 0.0821. The van der Waals surface area contributed by atoms with Gasteiger partial charge in [-0.2, -0.15) is 0 Å². The second-order valence-electron chi connectivity index (χ2n) is 7.71. The predicted octanol–water partition coefficient (Wildman–Crippen LogP) is 4.34. The van der Waals surface area contributed by atoms with Crippen molar-refractivity contribution in [2.75, 3.05) is 18.0 Å². The molecule has 150 valence electrons. The van der Waals surface area contributed by atoms with Crippen LogP contribution in [0.4, 0.5) is 5.69 Å². The summed E-state index contributed by atoms with van der Waals surface area (Å²) in [6, 6.07) is 16.9. The molecule has 1 amide bonds. The normalized spacial score (nSPS) is 14.8. The quantitative estimate of drug-likeness (QED) is 0.717. The number of rotatable bonds is 8. The van der Waals surface area contributed by atoms with Crippen molar-refractivity contribution >= 4 is 11.6 Å². The summed E-state index contributed by atoms with van der Waals surface area (Å²) in [7, 11) is 0. The maximum atomic E-state index is 12.8. The number of amides is 1. The van der Waals surface area contributed by atoms with Crippen LogP contribution in [0.5, 0.6) is 0 Å². The van der Waals surface area contributed by atoms with E-state index in [9.17, 15) is 4.79 Å². The van der Waals surface area contributed by atoms with Crippen molar-refractivity contribution in [1.29, 1.82) is 0 Å². The number of carbonyl (C=O) groups is 1. The number of hydrogen-bond donors (Lipinski definition) is 2. The third-order valence-corrected chi connectivity index (χ3v) is 5.71. The lowest BCUT2D eigenvalue weighted by Gasteiger charge is -2.25.